The number of fused-ring (bicyclic) bond motifs is 22. The molecule has 4 heterocycles. The van der Waals surface area contributed by atoms with Crippen molar-refractivity contribution in [2.24, 2.45) is 0 Å². The van der Waals surface area contributed by atoms with Gasteiger partial charge in [0, 0.05) is 54.9 Å². The van der Waals surface area contributed by atoms with Crippen LogP contribution >= 0.6 is 0 Å². The summed E-state index contributed by atoms with van der Waals surface area (Å²) in [7, 11) is 0. The van der Waals surface area contributed by atoms with Crippen LogP contribution in [0, 0.1) is 0 Å². The monoisotopic (exact) mass is 1500 g/mol. The van der Waals surface area contributed by atoms with Crippen molar-refractivity contribution < 1.29 is 8.83 Å². The molecular formula is C110H64N6O2. The summed E-state index contributed by atoms with van der Waals surface area (Å²) < 4.78 is 13.1. The maximum atomic E-state index is 6.77. The minimum absolute atomic E-state index is 0.544. The SMILES string of the molecule is c1ccc(-c2nc(-c3cccc(-c4cccc(-c5cc6c7ccccc7c7ccccc7c6c6ccccc56)c4)c3)nc(-c3ccc4oc5cc(-c6cccc(-c7nc(-c8ccc(-c9ccc(-c%10cc%11c%12ccccc%12c%12ccccc%12c%11c%11ccccc%10%11)cc9)cc8)nc(-c8ccc9oc%10ccccc%10c9c8)n7)c6)ccc5c4c3)n2)cc1. The van der Waals surface area contributed by atoms with E-state index in [2.05, 4.69) is 315 Å². The van der Waals surface area contributed by atoms with Crippen LogP contribution in [0.25, 0.3) is 254 Å². The zero-order valence-electron chi connectivity index (χ0n) is 63.5. The quantitative estimate of drug-likeness (QED) is 0.118. The highest BCUT2D eigenvalue weighted by atomic mass is 16.3. The van der Waals surface area contributed by atoms with Gasteiger partial charge in [0.2, 0.25) is 0 Å². The molecule has 0 N–H and O–H groups in total. The van der Waals surface area contributed by atoms with Gasteiger partial charge in [-0.05, 0) is 227 Å². The molecule has 0 radical (unpaired) electrons. The van der Waals surface area contributed by atoms with Crippen LogP contribution in [0.5, 0.6) is 0 Å². The van der Waals surface area contributed by atoms with E-state index in [4.69, 9.17) is 38.7 Å². The van der Waals surface area contributed by atoms with Crippen LogP contribution in [-0.2, 0) is 0 Å². The fourth-order valence-electron chi connectivity index (χ4n) is 18.3. The van der Waals surface area contributed by atoms with Gasteiger partial charge in [0.15, 0.2) is 34.9 Å². The molecule has 0 spiro atoms. The Morgan fingerprint density at radius 3 is 0.873 bits per heavy atom. The molecule has 0 amide bonds. The lowest BCUT2D eigenvalue weighted by atomic mass is 9.87. The normalized spacial score (nSPS) is 11.9. The Bertz CT molecular complexity index is 8310. The molecule has 20 aromatic carbocycles. The topological polar surface area (TPSA) is 104 Å². The highest BCUT2D eigenvalue weighted by Crippen LogP contribution is 2.47. The minimum Gasteiger partial charge on any atom is -0.456 e. The van der Waals surface area contributed by atoms with E-state index in [1.807, 2.05) is 72.8 Å². The van der Waals surface area contributed by atoms with E-state index in [0.29, 0.717) is 34.9 Å². The number of rotatable bonds is 11. The van der Waals surface area contributed by atoms with Crippen LogP contribution in [0.4, 0.5) is 0 Å². The van der Waals surface area contributed by atoms with Gasteiger partial charge >= 0.3 is 0 Å². The van der Waals surface area contributed by atoms with E-state index in [1.165, 1.54) is 97.3 Å². The third-order valence-corrected chi connectivity index (χ3v) is 23.9. The molecule has 8 heteroatoms. The molecular weight excluding hydrogens is 1440 g/mol. The summed E-state index contributed by atoms with van der Waals surface area (Å²) in [5.74, 6) is 3.36. The summed E-state index contributed by atoms with van der Waals surface area (Å²) in [6, 6.07) is 138. The molecule has 0 atom stereocenters. The highest BCUT2D eigenvalue weighted by molar-refractivity contribution is 6.34. The second kappa shape index (κ2) is 26.9. The van der Waals surface area contributed by atoms with Crippen molar-refractivity contribution in [3.8, 4) is 124 Å². The first kappa shape index (κ1) is 66.7. The van der Waals surface area contributed by atoms with Crippen molar-refractivity contribution in [2.45, 2.75) is 0 Å². The first-order valence-corrected chi connectivity index (χ1v) is 39.9. The average Bonchev–Trinajstić information content (AvgIpc) is 0.915. The predicted octanol–water partition coefficient (Wildman–Crippen LogP) is 29.4. The summed E-state index contributed by atoms with van der Waals surface area (Å²) in [6.07, 6.45) is 0. The van der Waals surface area contributed by atoms with Crippen molar-refractivity contribution in [1.29, 1.82) is 0 Å². The fraction of sp³-hybridized carbons (Fsp3) is 0. The Kier molecular flexibility index (Phi) is 15.2. The molecule has 0 fully saturated rings. The van der Waals surface area contributed by atoms with Gasteiger partial charge in [-0.25, -0.2) is 29.9 Å². The van der Waals surface area contributed by atoms with Crippen LogP contribution in [0.1, 0.15) is 0 Å². The third-order valence-electron chi connectivity index (χ3n) is 23.9. The summed E-state index contributed by atoms with van der Waals surface area (Å²) in [4.78, 5) is 31.6. The number of aromatic nitrogens is 6. The van der Waals surface area contributed by atoms with Crippen LogP contribution in [0.15, 0.2) is 397 Å². The van der Waals surface area contributed by atoms with E-state index >= 15 is 0 Å². The lowest BCUT2D eigenvalue weighted by molar-refractivity contribution is 0.668. The molecule has 24 rings (SSSR count). The second-order valence-electron chi connectivity index (χ2n) is 30.7. The molecule has 0 saturated heterocycles. The first-order valence-electron chi connectivity index (χ1n) is 39.9. The van der Waals surface area contributed by atoms with Crippen molar-refractivity contribution >= 4 is 130 Å². The molecule has 118 heavy (non-hydrogen) atoms. The Morgan fingerprint density at radius 2 is 0.398 bits per heavy atom. The van der Waals surface area contributed by atoms with Gasteiger partial charge in [0.1, 0.15) is 22.3 Å². The van der Waals surface area contributed by atoms with Gasteiger partial charge in [0.05, 0.1) is 0 Å². The fourth-order valence-corrected chi connectivity index (χ4v) is 18.3. The zero-order valence-corrected chi connectivity index (χ0v) is 63.5. The van der Waals surface area contributed by atoms with Crippen LogP contribution in [0.2, 0.25) is 0 Å². The smallest absolute Gasteiger partial charge is 0.164 e. The summed E-state index contributed by atoms with van der Waals surface area (Å²) in [5.41, 5.74) is 19.3. The Balaban J connectivity index is 0.552. The van der Waals surface area contributed by atoms with Crippen LogP contribution < -0.4 is 0 Å². The second-order valence-corrected chi connectivity index (χ2v) is 30.7. The largest absolute Gasteiger partial charge is 0.456 e. The number of benzene rings is 20. The third kappa shape index (κ3) is 11.1. The average molecular weight is 1500 g/mol. The summed E-state index contributed by atoms with van der Waals surface area (Å²) in [6.45, 7) is 0. The molecule has 0 unspecified atom stereocenters. The predicted molar refractivity (Wildman–Crippen MR) is 488 cm³/mol. The first-order chi connectivity index (χ1) is 58.4. The molecule has 4 aromatic heterocycles. The molecule has 0 aliphatic heterocycles. The molecule has 0 bridgehead atoms. The summed E-state index contributed by atoms with van der Waals surface area (Å²) in [5, 5.41) is 24.0. The maximum absolute atomic E-state index is 6.77. The van der Waals surface area contributed by atoms with Crippen LogP contribution in [-0.4, -0.2) is 29.9 Å². The number of furan rings is 2. The number of nitrogens with zero attached hydrogens (tertiary/aromatic N) is 6. The van der Waals surface area contributed by atoms with Crippen molar-refractivity contribution in [3.63, 3.8) is 0 Å². The van der Waals surface area contributed by atoms with Crippen molar-refractivity contribution in [3.05, 3.63) is 388 Å². The lowest BCUT2D eigenvalue weighted by Crippen LogP contribution is -2.00. The number of para-hydroxylation sites is 1. The van der Waals surface area contributed by atoms with E-state index in [0.717, 1.165) is 122 Å². The van der Waals surface area contributed by atoms with Crippen molar-refractivity contribution in [1.82, 2.24) is 29.9 Å². The molecule has 546 valence electrons. The summed E-state index contributed by atoms with van der Waals surface area (Å²) >= 11 is 0. The van der Waals surface area contributed by atoms with Gasteiger partial charge in [0.25, 0.3) is 0 Å². The Morgan fingerprint density at radius 1 is 0.127 bits per heavy atom. The van der Waals surface area contributed by atoms with Gasteiger partial charge < -0.3 is 8.83 Å². The number of hydrogen-bond acceptors (Lipinski definition) is 8. The lowest BCUT2D eigenvalue weighted by Gasteiger charge is -2.16. The maximum Gasteiger partial charge on any atom is 0.164 e. The Hall–Kier alpha value is -15.9. The van der Waals surface area contributed by atoms with E-state index < -0.39 is 0 Å². The molecule has 24 aromatic rings. The van der Waals surface area contributed by atoms with Crippen LogP contribution in [0.3, 0.4) is 0 Å². The molecule has 0 aliphatic rings. The highest BCUT2D eigenvalue weighted by Gasteiger charge is 2.23. The standard InChI is InChI=1S/C110H64N6O2/c1-2-21-68(22-3-1)105-111-107(75-27-19-24-71(58-75)70-23-18-26-74(57-70)94-64-98-84-34-7-5-30-80(84)82-32-9-13-39-90(82)104(98)92-41-15-11-36-86(92)94)115-109(112-105)78-53-56-101-96(61-78)88-54-51-73(62-102(88)118-101)72-25-20-28-76(59-72)108-113-106(114-110(116-108)77-52-55-100-95(60-77)87-37-16-17-42-99(87)117-100)69-49-45-66(46-50-69)65-43-47-67(48-44-65)93-63-97-83-33-6-4-29-79(83)81-31-8-12-38-89(81)103(97)91-40-14-10-35-85(91)93/h1-64H. The minimum atomic E-state index is 0.544. The van der Waals surface area contributed by atoms with E-state index in [9.17, 15) is 0 Å². The molecule has 0 aliphatic carbocycles. The van der Waals surface area contributed by atoms with Gasteiger partial charge in [-0.3, -0.25) is 0 Å². The number of hydrogen-bond donors (Lipinski definition) is 0. The zero-order chi connectivity index (χ0) is 77.5. The molecule has 8 nitrogen and oxygen atoms in total. The van der Waals surface area contributed by atoms with E-state index in [1.54, 1.807) is 0 Å². The van der Waals surface area contributed by atoms with Gasteiger partial charge in [-0.15, -0.1) is 0 Å². The van der Waals surface area contributed by atoms with Crippen molar-refractivity contribution in [2.75, 3.05) is 0 Å². The van der Waals surface area contributed by atoms with Gasteiger partial charge in [-0.2, -0.15) is 0 Å². The van der Waals surface area contributed by atoms with E-state index in [-0.39, 0.29) is 0 Å². The Labute approximate surface area is 676 Å². The van der Waals surface area contributed by atoms with Gasteiger partial charge in [-0.1, -0.05) is 303 Å². The molecule has 0 saturated carbocycles.